The summed E-state index contributed by atoms with van der Waals surface area (Å²) in [4.78, 5) is 0. The van der Waals surface area contributed by atoms with Crippen LogP contribution >= 0.6 is 0 Å². The van der Waals surface area contributed by atoms with E-state index in [2.05, 4.69) is 63.1 Å². The van der Waals surface area contributed by atoms with E-state index in [-0.39, 0.29) is 5.92 Å². The van der Waals surface area contributed by atoms with E-state index in [1.165, 1.54) is 16.7 Å². The third-order valence-electron chi connectivity index (χ3n) is 3.68. The Bertz CT molecular complexity index is 775. The molecular weight excluding hydrogens is 248 g/mol. The molecule has 1 heterocycles. The fraction of sp³-hybridized carbons (Fsp3) is 0.0625. The van der Waals surface area contributed by atoms with Crippen LogP contribution in [0.4, 0.5) is 0 Å². The second-order valence-electron chi connectivity index (χ2n) is 4.79. The van der Waals surface area contributed by atoms with E-state index in [0.717, 1.165) is 5.56 Å². The van der Waals surface area contributed by atoms with Crippen molar-refractivity contribution < 1.29 is 0 Å². The summed E-state index contributed by atoms with van der Waals surface area (Å²) in [6, 6.07) is 16.7. The van der Waals surface area contributed by atoms with Crippen molar-refractivity contribution in [3.63, 3.8) is 0 Å². The quantitative estimate of drug-likeness (QED) is 0.770. The zero-order chi connectivity index (χ0) is 13.4. The van der Waals surface area contributed by atoms with Crippen LogP contribution in [0.2, 0.25) is 0 Å². The molecule has 20 heavy (non-hydrogen) atoms. The van der Waals surface area contributed by atoms with Gasteiger partial charge in [0.15, 0.2) is 0 Å². The van der Waals surface area contributed by atoms with Gasteiger partial charge < -0.3 is 0 Å². The highest BCUT2D eigenvalue weighted by atomic mass is 15.5. The highest BCUT2D eigenvalue weighted by Gasteiger charge is 2.22. The molecule has 1 aromatic heterocycles. The fourth-order valence-corrected chi connectivity index (χ4v) is 2.77. The number of tetrazole rings is 1. The highest BCUT2D eigenvalue weighted by molar-refractivity contribution is 5.70. The Hall–Kier alpha value is -2.75. The Balaban J connectivity index is 1.87. The number of aromatic amines is 1. The molecule has 0 radical (unpaired) electrons. The van der Waals surface area contributed by atoms with Crippen LogP contribution in [0.1, 0.15) is 22.6 Å². The molecule has 4 rings (SSSR count). The van der Waals surface area contributed by atoms with Gasteiger partial charge in [-0.2, -0.15) is 5.21 Å². The maximum absolute atomic E-state index is 4.10. The number of benzene rings is 2. The molecule has 0 aliphatic heterocycles. The standard InChI is InChI=1S/C16H12N4/c1-2-6-12-11(5-1)9-10-14(12)13-7-3-4-8-15(13)16-17-19-20-18-16/h1-10,14H,(H,17,18,19,20). The summed E-state index contributed by atoms with van der Waals surface area (Å²) < 4.78 is 0. The lowest BCUT2D eigenvalue weighted by molar-refractivity contribution is 0.881. The molecule has 3 aromatic rings. The molecule has 1 unspecified atom stereocenters. The molecule has 1 aliphatic carbocycles. The van der Waals surface area contributed by atoms with Crippen LogP contribution in [-0.4, -0.2) is 20.6 Å². The number of hydrogen-bond donors (Lipinski definition) is 1. The monoisotopic (exact) mass is 260 g/mol. The van der Waals surface area contributed by atoms with Gasteiger partial charge >= 0.3 is 0 Å². The SMILES string of the molecule is C1=CC(c2ccccc2-c2nn[nH]n2)c2ccccc21. The summed E-state index contributed by atoms with van der Waals surface area (Å²) in [5.41, 5.74) is 4.83. The molecule has 1 aliphatic rings. The van der Waals surface area contributed by atoms with Gasteiger partial charge in [0.25, 0.3) is 0 Å². The molecular formula is C16H12N4. The third-order valence-corrected chi connectivity index (χ3v) is 3.68. The molecule has 0 spiro atoms. The minimum atomic E-state index is 0.251. The normalized spacial score (nSPS) is 16.3. The molecule has 1 N–H and O–H groups in total. The van der Waals surface area contributed by atoms with Crippen LogP contribution < -0.4 is 0 Å². The van der Waals surface area contributed by atoms with E-state index in [4.69, 9.17) is 0 Å². The van der Waals surface area contributed by atoms with E-state index in [0.29, 0.717) is 5.82 Å². The largest absolute Gasteiger partial charge is 0.204 e. The lowest BCUT2D eigenvalue weighted by Crippen LogP contribution is -1.99. The summed E-state index contributed by atoms with van der Waals surface area (Å²) in [6.45, 7) is 0. The van der Waals surface area contributed by atoms with E-state index >= 15 is 0 Å². The number of H-pyrrole nitrogens is 1. The average molecular weight is 260 g/mol. The van der Waals surface area contributed by atoms with Crippen LogP contribution in [0, 0.1) is 0 Å². The summed E-state index contributed by atoms with van der Waals surface area (Å²) in [5.74, 6) is 0.888. The van der Waals surface area contributed by atoms with Crippen LogP contribution in [0.25, 0.3) is 17.5 Å². The third kappa shape index (κ3) is 1.66. The minimum absolute atomic E-state index is 0.251. The number of fused-ring (bicyclic) bond motifs is 1. The van der Waals surface area contributed by atoms with E-state index in [9.17, 15) is 0 Å². The predicted octanol–water partition coefficient (Wildman–Crippen LogP) is 3.03. The Kier molecular flexibility index (Phi) is 2.45. The molecule has 96 valence electrons. The van der Waals surface area contributed by atoms with Gasteiger partial charge in [0.2, 0.25) is 5.82 Å². The molecule has 1 atom stereocenters. The maximum Gasteiger partial charge on any atom is 0.204 e. The maximum atomic E-state index is 4.10. The second kappa shape index (κ2) is 4.42. The first-order chi connectivity index (χ1) is 9.93. The zero-order valence-electron chi connectivity index (χ0n) is 10.7. The van der Waals surface area contributed by atoms with E-state index < -0.39 is 0 Å². The highest BCUT2D eigenvalue weighted by Crippen LogP contribution is 2.38. The zero-order valence-corrected chi connectivity index (χ0v) is 10.7. The van der Waals surface area contributed by atoms with Crippen molar-refractivity contribution in [2.75, 3.05) is 0 Å². The van der Waals surface area contributed by atoms with E-state index in [1.54, 1.807) is 0 Å². The van der Waals surface area contributed by atoms with Gasteiger partial charge in [0.1, 0.15) is 0 Å². The average Bonchev–Trinajstić information content (AvgIpc) is 3.17. The number of aromatic nitrogens is 4. The van der Waals surface area contributed by atoms with Crippen molar-refractivity contribution in [3.8, 4) is 11.4 Å². The summed E-state index contributed by atoms with van der Waals surface area (Å²) in [5, 5.41) is 14.4. The first kappa shape index (κ1) is 11.1. The Morgan fingerprint density at radius 1 is 0.900 bits per heavy atom. The number of hydrogen-bond acceptors (Lipinski definition) is 3. The second-order valence-corrected chi connectivity index (χ2v) is 4.79. The minimum Gasteiger partial charge on any atom is -0.177 e. The number of nitrogens with zero attached hydrogens (tertiary/aromatic N) is 3. The van der Waals surface area contributed by atoms with Crippen molar-refractivity contribution in [1.29, 1.82) is 0 Å². The molecule has 4 nitrogen and oxygen atoms in total. The molecule has 0 saturated heterocycles. The van der Waals surface area contributed by atoms with Gasteiger partial charge in [-0.1, -0.05) is 60.7 Å². The van der Waals surface area contributed by atoms with Gasteiger partial charge in [-0.25, -0.2) is 0 Å². The lowest BCUT2D eigenvalue weighted by Gasteiger charge is -2.14. The van der Waals surface area contributed by atoms with Crippen molar-refractivity contribution in [3.05, 3.63) is 71.3 Å². The van der Waals surface area contributed by atoms with Gasteiger partial charge in [-0.15, -0.1) is 10.2 Å². The van der Waals surface area contributed by atoms with Gasteiger partial charge in [0, 0.05) is 11.5 Å². The number of nitrogens with one attached hydrogen (secondary N) is 1. The van der Waals surface area contributed by atoms with Crippen molar-refractivity contribution in [2.24, 2.45) is 0 Å². The Morgan fingerprint density at radius 2 is 1.70 bits per heavy atom. The lowest BCUT2D eigenvalue weighted by atomic mass is 9.89. The first-order valence-electron chi connectivity index (χ1n) is 6.53. The smallest absolute Gasteiger partial charge is 0.177 e. The van der Waals surface area contributed by atoms with Crippen LogP contribution in [0.3, 0.4) is 0 Å². The molecule has 0 fully saturated rings. The van der Waals surface area contributed by atoms with Crippen LogP contribution in [0.5, 0.6) is 0 Å². The molecule has 4 heteroatoms. The topological polar surface area (TPSA) is 54.5 Å². The summed E-state index contributed by atoms with van der Waals surface area (Å²) >= 11 is 0. The first-order valence-corrected chi connectivity index (χ1v) is 6.53. The summed E-state index contributed by atoms with van der Waals surface area (Å²) in [7, 11) is 0. The van der Waals surface area contributed by atoms with Crippen LogP contribution in [0.15, 0.2) is 54.6 Å². The molecule has 0 amide bonds. The molecule has 0 saturated carbocycles. The molecule has 0 bridgehead atoms. The predicted molar refractivity (Wildman–Crippen MR) is 76.9 cm³/mol. The number of rotatable bonds is 2. The molecule has 2 aromatic carbocycles. The summed E-state index contributed by atoms with van der Waals surface area (Å²) in [6.07, 6.45) is 4.40. The van der Waals surface area contributed by atoms with Crippen LogP contribution in [-0.2, 0) is 0 Å². The van der Waals surface area contributed by atoms with Crippen molar-refractivity contribution >= 4 is 6.08 Å². The Labute approximate surface area is 116 Å². The van der Waals surface area contributed by atoms with E-state index in [1.807, 2.05) is 18.2 Å². The Morgan fingerprint density at radius 3 is 2.55 bits per heavy atom. The fourth-order valence-electron chi connectivity index (χ4n) is 2.77. The number of allylic oxidation sites excluding steroid dienone is 1. The van der Waals surface area contributed by atoms with Gasteiger partial charge in [-0.05, 0) is 21.9 Å². The van der Waals surface area contributed by atoms with Crippen molar-refractivity contribution in [1.82, 2.24) is 20.6 Å². The van der Waals surface area contributed by atoms with Gasteiger partial charge in [-0.3, -0.25) is 0 Å². The van der Waals surface area contributed by atoms with Crippen molar-refractivity contribution in [2.45, 2.75) is 5.92 Å². The van der Waals surface area contributed by atoms with Gasteiger partial charge in [0.05, 0.1) is 0 Å².